The third-order valence-corrected chi connectivity index (χ3v) is 7.16. The molecule has 3 rings (SSSR count). The SMILES string of the molecule is CCCNC1CCCc2nc(CSC3CCCC3)sc21. The molecule has 1 aromatic rings. The number of thiazole rings is 1. The second-order valence-corrected chi connectivity index (χ2v) is 8.44. The fourth-order valence-electron chi connectivity index (χ4n) is 3.29. The molecular formula is C16H26N2S2. The van der Waals surface area contributed by atoms with Crippen LogP contribution in [0.15, 0.2) is 0 Å². The Morgan fingerprint density at radius 3 is 2.90 bits per heavy atom. The van der Waals surface area contributed by atoms with Crippen molar-refractivity contribution in [1.29, 1.82) is 0 Å². The molecule has 0 aromatic carbocycles. The van der Waals surface area contributed by atoms with Gasteiger partial charge in [0.25, 0.3) is 0 Å². The molecule has 2 nitrogen and oxygen atoms in total. The second-order valence-electron chi connectivity index (χ2n) is 6.03. The van der Waals surface area contributed by atoms with Gasteiger partial charge in [0.1, 0.15) is 5.01 Å². The number of hydrogen-bond donors (Lipinski definition) is 1. The van der Waals surface area contributed by atoms with E-state index in [4.69, 9.17) is 4.98 Å². The maximum absolute atomic E-state index is 4.93. The number of nitrogens with zero attached hydrogens (tertiary/aromatic N) is 1. The number of thioether (sulfide) groups is 1. The molecule has 0 spiro atoms. The number of nitrogens with one attached hydrogen (secondary N) is 1. The fraction of sp³-hybridized carbons (Fsp3) is 0.812. The number of aromatic nitrogens is 1. The highest BCUT2D eigenvalue weighted by atomic mass is 32.2. The highest BCUT2D eigenvalue weighted by Gasteiger charge is 2.24. The van der Waals surface area contributed by atoms with E-state index in [0.29, 0.717) is 6.04 Å². The summed E-state index contributed by atoms with van der Waals surface area (Å²) < 4.78 is 0. The van der Waals surface area contributed by atoms with Crippen LogP contribution in [0, 0.1) is 0 Å². The standard InChI is InChI=1S/C16H26N2S2/c1-2-10-17-13-8-5-9-14-16(13)20-15(18-14)11-19-12-6-3-4-7-12/h12-13,17H,2-11H2,1H3. The number of aryl methyl sites for hydroxylation is 1. The molecule has 0 aliphatic heterocycles. The molecule has 20 heavy (non-hydrogen) atoms. The van der Waals surface area contributed by atoms with Crippen LogP contribution in [0.25, 0.3) is 0 Å². The summed E-state index contributed by atoms with van der Waals surface area (Å²) in [6.45, 7) is 3.38. The van der Waals surface area contributed by atoms with Gasteiger partial charge in [-0.2, -0.15) is 11.8 Å². The van der Waals surface area contributed by atoms with Gasteiger partial charge in [-0.1, -0.05) is 19.8 Å². The molecule has 4 heteroatoms. The van der Waals surface area contributed by atoms with E-state index in [-0.39, 0.29) is 0 Å². The van der Waals surface area contributed by atoms with Gasteiger partial charge < -0.3 is 5.32 Å². The monoisotopic (exact) mass is 310 g/mol. The Balaban J connectivity index is 1.61. The maximum atomic E-state index is 4.93. The first-order valence-corrected chi connectivity index (χ1v) is 10.1. The average Bonchev–Trinajstić information content (AvgIpc) is 3.11. The Hall–Kier alpha value is -0.0600. The molecule has 1 unspecified atom stereocenters. The molecule has 1 fully saturated rings. The van der Waals surface area contributed by atoms with E-state index in [1.54, 1.807) is 4.88 Å². The van der Waals surface area contributed by atoms with Crippen molar-refractivity contribution in [1.82, 2.24) is 10.3 Å². The minimum atomic E-state index is 0.585. The lowest BCUT2D eigenvalue weighted by atomic mass is 9.98. The molecule has 1 N–H and O–H groups in total. The second kappa shape index (κ2) is 7.28. The van der Waals surface area contributed by atoms with E-state index in [0.717, 1.165) is 17.5 Å². The van der Waals surface area contributed by atoms with Crippen LogP contribution in [0.1, 0.15) is 73.5 Å². The lowest BCUT2D eigenvalue weighted by Gasteiger charge is -2.22. The van der Waals surface area contributed by atoms with Gasteiger partial charge >= 0.3 is 0 Å². The van der Waals surface area contributed by atoms with Gasteiger partial charge in [-0.05, 0) is 45.1 Å². The predicted molar refractivity (Wildman–Crippen MR) is 89.6 cm³/mol. The molecule has 1 aromatic heterocycles. The summed E-state index contributed by atoms with van der Waals surface area (Å²) in [6, 6.07) is 0.585. The Morgan fingerprint density at radius 2 is 2.10 bits per heavy atom. The minimum absolute atomic E-state index is 0.585. The molecule has 0 saturated heterocycles. The van der Waals surface area contributed by atoms with Crippen molar-refractivity contribution in [3.63, 3.8) is 0 Å². The van der Waals surface area contributed by atoms with Crippen LogP contribution in [-0.4, -0.2) is 16.8 Å². The summed E-state index contributed by atoms with van der Waals surface area (Å²) in [5, 5.41) is 5.98. The van der Waals surface area contributed by atoms with Crippen LogP contribution in [0.2, 0.25) is 0 Å². The summed E-state index contributed by atoms with van der Waals surface area (Å²) >= 11 is 4.13. The van der Waals surface area contributed by atoms with Crippen LogP contribution in [0.3, 0.4) is 0 Å². The van der Waals surface area contributed by atoms with Crippen LogP contribution in [0.5, 0.6) is 0 Å². The molecule has 1 saturated carbocycles. The molecule has 0 radical (unpaired) electrons. The normalized spacial score (nSPS) is 23.1. The van der Waals surface area contributed by atoms with E-state index >= 15 is 0 Å². The minimum Gasteiger partial charge on any atom is -0.309 e. The zero-order valence-corrected chi connectivity index (χ0v) is 14.1. The van der Waals surface area contributed by atoms with Crippen molar-refractivity contribution in [2.45, 2.75) is 75.3 Å². The number of fused-ring (bicyclic) bond motifs is 1. The zero-order chi connectivity index (χ0) is 13.8. The molecule has 1 atom stereocenters. The average molecular weight is 311 g/mol. The van der Waals surface area contributed by atoms with E-state index in [2.05, 4.69) is 24.0 Å². The van der Waals surface area contributed by atoms with Gasteiger partial charge in [-0.25, -0.2) is 4.98 Å². The fourth-order valence-corrected chi connectivity index (χ4v) is 5.86. The molecule has 2 aliphatic carbocycles. The highest BCUT2D eigenvalue weighted by molar-refractivity contribution is 7.99. The Morgan fingerprint density at radius 1 is 1.25 bits per heavy atom. The molecule has 0 amide bonds. The number of rotatable bonds is 6. The maximum Gasteiger partial charge on any atom is 0.103 e. The van der Waals surface area contributed by atoms with Crippen molar-refractivity contribution in [2.24, 2.45) is 0 Å². The van der Waals surface area contributed by atoms with Crippen molar-refractivity contribution in [3.8, 4) is 0 Å². The number of hydrogen-bond acceptors (Lipinski definition) is 4. The van der Waals surface area contributed by atoms with Gasteiger partial charge in [0, 0.05) is 21.9 Å². The van der Waals surface area contributed by atoms with Crippen molar-refractivity contribution in [2.75, 3.05) is 6.54 Å². The largest absolute Gasteiger partial charge is 0.309 e. The van der Waals surface area contributed by atoms with Gasteiger partial charge in [-0.15, -0.1) is 11.3 Å². The summed E-state index contributed by atoms with van der Waals surface area (Å²) in [7, 11) is 0. The lowest BCUT2D eigenvalue weighted by Crippen LogP contribution is -2.24. The Labute approximate surface area is 131 Å². The van der Waals surface area contributed by atoms with Gasteiger partial charge in [-0.3, -0.25) is 0 Å². The van der Waals surface area contributed by atoms with Crippen molar-refractivity contribution >= 4 is 23.1 Å². The molecule has 1 heterocycles. The Kier molecular flexibility index (Phi) is 5.41. The Bertz CT molecular complexity index is 424. The third-order valence-electron chi connectivity index (χ3n) is 4.38. The summed E-state index contributed by atoms with van der Waals surface area (Å²) in [5.41, 5.74) is 1.40. The predicted octanol–water partition coefficient (Wildman–Crippen LogP) is 4.70. The summed E-state index contributed by atoms with van der Waals surface area (Å²) in [6.07, 6.45) is 10.7. The first-order chi connectivity index (χ1) is 9.86. The topological polar surface area (TPSA) is 24.9 Å². The molecule has 0 bridgehead atoms. The van der Waals surface area contributed by atoms with Crippen LogP contribution in [0.4, 0.5) is 0 Å². The van der Waals surface area contributed by atoms with Crippen LogP contribution < -0.4 is 5.32 Å². The molecular weight excluding hydrogens is 284 g/mol. The zero-order valence-electron chi connectivity index (χ0n) is 12.5. The van der Waals surface area contributed by atoms with Gasteiger partial charge in [0.15, 0.2) is 0 Å². The first kappa shape index (κ1) is 14.9. The van der Waals surface area contributed by atoms with Crippen LogP contribution in [-0.2, 0) is 12.2 Å². The van der Waals surface area contributed by atoms with E-state index < -0.39 is 0 Å². The third kappa shape index (κ3) is 3.58. The summed E-state index contributed by atoms with van der Waals surface area (Å²) in [4.78, 5) is 6.48. The van der Waals surface area contributed by atoms with E-state index in [1.807, 2.05) is 11.3 Å². The quantitative estimate of drug-likeness (QED) is 0.824. The summed E-state index contributed by atoms with van der Waals surface area (Å²) in [5.74, 6) is 1.14. The van der Waals surface area contributed by atoms with E-state index in [1.165, 1.54) is 62.1 Å². The smallest absolute Gasteiger partial charge is 0.103 e. The molecule has 112 valence electrons. The van der Waals surface area contributed by atoms with Gasteiger partial charge in [0.05, 0.1) is 5.69 Å². The first-order valence-electron chi connectivity index (χ1n) is 8.20. The van der Waals surface area contributed by atoms with Crippen molar-refractivity contribution in [3.05, 3.63) is 15.6 Å². The van der Waals surface area contributed by atoms with Gasteiger partial charge in [0.2, 0.25) is 0 Å². The lowest BCUT2D eigenvalue weighted by molar-refractivity contribution is 0.464. The molecule has 2 aliphatic rings. The van der Waals surface area contributed by atoms with Crippen LogP contribution >= 0.6 is 23.1 Å². The highest BCUT2D eigenvalue weighted by Crippen LogP contribution is 2.37. The van der Waals surface area contributed by atoms with E-state index in [9.17, 15) is 0 Å². The van der Waals surface area contributed by atoms with Crippen molar-refractivity contribution < 1.29 is 0 Å².